The average molecular weight is 351 g/mol. The zero-order chi connectivity index (χ0) is 14.8. The smallest absolute Gasteiger partial charge is 0.317 e. The molecule has 0 bridgehead atoms. The van der Waals surface area contributed by atoms with E-state index < -0.39 is 5.92 Å². The lowest BCUT2D eigenvalue weighted by Gasteiger charge is -2.22. The topological polar surface area (TPSA) is 43.4 Å². The minimum Gasteiger partial charge on any atom is -0.461 e. The van der Waals surface area contributed by atoms with Gasteiger partial charge >= 0.3 is 5.97 Å². The molecule has 0 amide bonds. The highest BCUT2D eigenvalue weighted by Gasteiger charge is 2.48. The van der Waals surface area contributed by atoms with Crippen LogP contribution >= 0.6 is 15.9 Å². The number of Topliss-reactive ketones (excluding diaryl/α,β-unsaturated/α-hetero) is 1. The quantitative estimate of drug-likeness (QED) is 0.457. The second-order valence-corrected chi connectivity index (χ2v) is 6.90. The molecule has 0 aromatic heterocycles. The molecule has 3 rings (SSSR count). The SMILES string of the molecule is O=C1O[C@@H]2CCCCCC[C@H]2[C@@H]1C(=O)c1ccc(Br)cc1. The van der Waals surface area contributed by atoms with Crippen molar-refractivity contribution in [2.24, 2.45) is 11.8 Å². The number of hydrogen-bond donors (Lipinski definition) is 0. The monoisotopic (exact) mass is 350 g/mol. The minimum absolute atomic E-state index is 0.0535. The first kappa shape index (κ1) is 14.8. The van der Waals surface area contributed by atoms with Gasteiger partial charge in [-0.25, -0.2) is 0 Å². The van der Waals surface area contributed by atoms with Crippen LogP contribution in [0.4, 0.5) is 0 Å². The molecule has 112 valence electrons. The molecule has 2 fully saturated rings. The summed E-state index contributed by atoms with van der Waals surface area (Å²) in [6, 6.07) is 7.22. The number of carbonyl (C=O) groups is 2. The van der Waals surface area contributed by atoms with E-state index in [1.807, 2.05) is 12.1 Å². The second kappa shape index (κ2) is 6.30. The second-order valence-electron chi connectivity index (χ2n) is 5.98. The fourth-order valence-corrected chi connectivity index (χ4v) is 3.76. The van der Waals surface area contributed by atoms with Crippen LogP contribution in [-0.2, 0) is 9.53 Å². The highest BCUT2D eigenvalue weighted by atomic mass is 79.9. The van der Waals surface area contributed by atoms with Gasteiger partial charge in [0.2, 0.25) is 0 Å². The van der Waals surface area contributed by atoms with Gasteiger partial charge in [0.25, 0.3) is 0 Å². The Hall–Kier alpha value is -1.16. The molecule has 0 spiro atoms. The molecule has 0 unspecified atom stereocenters. The average Bonchev–Trinajstić information content (AvgIpc) is 2.74. The molecule has 1 aromatic rings. The van der Waals surface area contributed by atoms with Crippen LogP contribution in [0, 0.1) is 11.8 Å². The predicted molar refractivity (Wildman–Crippen MR) is 83.0 cm³/mol. The van der Waals surface area contributed by atoms with Crippen molar-refractivity contribution in [1.29, 1.82) is 0 Å². The van der Waals surface area contributed by atoms with Gasteiger partial charge in [0.05, 0.1) is 0 Å². The van der Waals surface area contributed by atoms with Gasteiger partial charge in [0.1, 0.15) is 12.0 Å². The summed E-state index contributed by atoms with van der Waals surface area (Å²) in [6.45, 7) is 0. The zero-order valence-corrected chi connectivity index (χ0v) is 13.5. The number of esters is 1. The largest absolute Gasteiger partial charge is 0.461 e. The highest BCUT2D eigenvalue weighted by molar-refractivity contribution is 9.10. The van der Waals surface area contributed by atoms with Crippen LogP contribution in [0.3, 0.4) is 0 Å². The maximum atomic E-state index is 12.7. The molecule has 21 heavy (non-hydrogen) atoms. The molecule has 0 radical (unpaired) electrons. The van der Waals surface area contributed by atoms with Gasteiger partial charge in [-0.2, -0.15) is 0 Å². The third-order valence-corrected chi connectivity index (χ3v) is 5.14. The van der Waals surface area contributed by atoms with E-state index in [1.54, 1.807) is 12.1 Å². The van der Waals surface area contributed by atoms with Crippen molar-refractivity contribution in [1.82, 2.24) is 0 Å². The van der Waals surface area contributed by atoms with Crippen molar-refractivity contribution in [2.45, 2.75) is 44.6 Å². The Morgan fingerprint density at radius 3 is 2.43 bits per heavy atom. The van der Waals surface area contributed by atoms with Crippen LogP contribution in [-0.4, -0.2) is 17.9 Å². The van der Waals surface area contributed by atoms with Crippen LogP contribution < -0.4 is 0 Å². The highest BCUT2D eigenvalue weighted by Crippen LogP contribution is 2.38. The summed E-state index contributed by atoms with van der Waals surface area (Å²) in [4.78, 5) is 24.9. The maximum Gasteiger partial charge on any atom is 0.317 e. The van der Waals surface area contributed by atoms with Crippen molar-refractivity contribution >= 4 is 27.7 Å². The zero-order valence-electron chi connectivity index (χ0n) is 11.9. The van der Waals surface area contributed by atoms with Crippen molar-refractivity contribution in [2.75, 3.05) is 0 Å². The first-order valence-corrected chi connectivity index (χ1v) is 8.46. The Bertz CT molecular complexity index is 537. The third-order valence-electron chi connectivity index (χ3n) is 4.61. The summed E-state index contributed by atoms with van der Waals surface area (Å²) >= 11 is 3.36. The Balaban J connectivity index is 1.83. The summed E-state index contributed by atoms with van der Waals surface area (Å²) in [5, 5.41) is 0. The van der Waals surface area contributed by atoms with Crippen molar-refractivity contribution in [3.05, 3.63) is 34.3 Å². The van der Waals surface area contributed by atoms with Crippen molar-refractivity contribution < 1.29 is 14.3 Å². The van der Waals surface area contributed by atoms with Gasteiger partial charge in [0.15, 0.2) is 5.78 Å². The standard InChI is InChI=1S/C17H19BrO3/c18-12-9-7-11(8-10-12)16(19)15-13-5-3-1-2-4-6-14(13)21-17(15)20/h7-10,13-15H,1-6H2/t13-,14-,15-/m1/s1. The molecular weight excluding hydrogens is 332 g/mol. The number of halogens is 1. The van der Waals surface area contributed by atoms with E-state index in [0.717, 1.165) is 30.2 Å². The van der Waals surface area contributed by atoms with E-state index in [1.165, 1.54) is 12.8 Å². The molecule has 1 heterocycles. The molecule has 2 aliphatic rings. The summed E-state index contributed by atoms with van der Waals surface area (Å²) in [5.41, 5.74) is 0.600. The molecule has 0 N–H and O–H groups in total. The van der Waals surface area contributed by atoms with Crippen LogP contribution in [0.5, 0.6) is 0 Å². The summed E-state index contributed by atoms with van der Waals surface area (Å²) < 4.78 is 6.44. The van der Waals surface area contributed by atoms with Gasteiger partial charge in [-0.15, -0.1) is 0 Å². The fourth-order valence-electron chi connectivity index (χ4n) is 3.50. The molecule has 1 aliphatic carbocycles. The molecule has 1 saturated carbocycles. The summed E-state index contributed by atoms with van der Waals surface area (Å²) in [7, 11) is 0. The van der Waals surface area contributed by atoms with Gasteiger partial charge in [-0.05, 0) is 31.4 Å². The van der Waals surface area contributed by atoms with E-state index in [4.69, 9.17) is 4.74 Å². The molecular formula is C17H19BrO3. The molecule has 3 atom stereocenters. The van der Waals surface area contributed by atoms with Crippen LogP contribution in [0.25, 0.3) is 0 Å². The van der Waals surface area contributed by atoms with E-state index in [-0.39, 0.29) is 23.8 Å². The molecule has 1 saturated heterocycles. The van der Waals surface area contributed by atoms with Crippen LogP contribution in [0.2, 0.25) is 0 Å². The van der Waals surface area contributed by atoms with E-state index in [9.17, 15) is 9.59 Å². The van der Waals surface area contributed by atoms with Gasteiger partial charge in [0, 0.05) is 16.0 Å². The molecule has 4 heteroatoms. The molecule has 1 aromatic carbocycles. The lowest BCUT2D eigenvalue weighted by molar-refractivity contribution is -0.143. The summed E-state index contributed by atoms with van der Waals surface area (Å²) in [6.07, 6.45) is 6.34. The number of hydrogen-bond acceptors (Lipinski definition) is 3. The Morgan fingerprint density at radius 1 is 1.05 bits per heavy atom. The lowest BCUT2D eigenvalue weighted by atomic mass is 9.79. The predicted octanol–water partition coefficient (Wildman–Crippen LogP) is 4.14. The number of ketones is 1. The molecule has 1 aliphatic heterocycles. The number of fused-ring (bicyclic) bond motifs is 1. The first-order chi connectivity index (χ1) is 10.2. The Labute approximate surface area is 133 Å². The minimum atomic E-state index is -0.603. The number of rotatable bonds is 2. The van der Waals surface area contributed by atoms with E-state index in [0.29, 0.717) is 5.56 Å². The van der Waals surface area contributed by atoms with Crippen molar-refractivity contribution in [3.8, 4) is 0 Å². The van der Waals surface area contributed by atoms with Crippen LogP contribution in [0.15, 0.2) is 28.7 Å². The first-order valence-electron chi connectivity index (χ1n) is 7.67. The lowest BCUT2D eigenvalue weighted by Crippen LogP contribution is -2.28. The number of ether oxygens (including phenoxy) is 1. The number of benzene rings is 1. The van der Waals surface area contributed by atoms with Gasteiger partial charge in [-0.1, -0.05) is 47.3 Å². The summed E-state index contributed by atoms with van der Waals surface area (Å²) in [5.74, 6) is -0.941. The van der Waals surface area contributed by atoms with E-state index in [2.05, 4.69) is 15.9 Å². The number of carbonyl (C=O) groups excluding carboxylic acids is 2. The fraction of sp³-hybridized carbons (Fsp3) is 0.529. The van der Waals surface area contributed by atoms with E-state index >= 15 is 0 Å². The normalized spacial score (nSPS) is 29.2. The van der Waals surface area contributed by atoms with Crippen LogP contribution in [0.1, 0.15) is 48.9 Å². The van der Waals surface area contributed by atoms with Gasteiger partial charge in [-0.3, -0.25) is 9.59 Å². The third kappa shape index (κ3) is 3.05. The van der Waals surface area contributed by atoms with Crippen molar-refractivity contribution in [3.63, 3.8) is 0 Å². The van der Waals surface area contributed by atoms with Gasteiger partial charge < -0.3 is 4.74 Å². The Morgan fingerprint density at radius 2 is 1.71 bits per heavy atom. The molecule has 3 nitrogen and oxygen atoms in total. The Kier molecular flexibility index (Phi) is 4.43. The maximum absolute atomic E-state index is 12.7.